The molecule has 0 spiro atoms. The minimum atomic E-state index is -2.94. The molecule has 1 aromatic heterocycles. The third-order valence-corrected chi connectivity index (χ3v) is 6.80. The van der Waals surface area contributed by atoms with E-state index in [1.807, 2.05) is 7.05 Å². The lowest BCUT2D eigenvalue weighted by molar-refractivity contribution is -0.107. The van der Waals surface area contributed by atoms with Crippen molar-refractivity contribution in [1.82, 2.24) is 15.1 Å². The van der Waals surface area contributed by atoms with Crippen molar-refractivity contribution in [2.45, 2.75) is 51.7 Å². The van der Waals surface area contributed by atoms with Crippen LogP contribution in [0.4, 0.5) is 28.9 Å². The van der Waals surface area contributed by atoms with E-state index in [-0.39, 0.29) is 29.6 Å². The van der Waals surface area contributed by atoms with Gasteiger partial charge in [0, 0.05) is 43.3 Å². The molecule has 1 aliphatic heterocycles. The predicted molar refractivity (Wildman–Crippen MR) is 131 cm³/mol. The number of alkyl halides is 2. The van der Waals surface area contributed by atoms with Crippen molar-refractivity contribution in [3.8, 4) is 11.5 Å². The lowest BCUT2D eigenvalue weighted by atomic mass is 10.0. The second-order valence-electron chi connectivity index (χ2n) is 9.39. The lowest BCUT2D eigenvalue weighted by Gasteiger charge is -2.40. The Hall–Kier alpha value is -3.47. The highest BCUT2D eigenvalue weighted by molar-refractivity contribution is 5.84. The summed E-state index contributed by atoms with van der Waals surface area (Å²) in [5.41, 5.74) is 1.26. The first-order chi connectivity index (χ1) is 17.7. The van der Waals surface area contributed by atoms with Crippen LogP contribution in [0.2, 0.25) is 0 Å². The summed E-state index contributed by atoms with van der Waals surface area (Å²) in [6.07, 6.45) is -0.557. The number of aromatic nitrogens is 2. The monoisotopic (exact) mass is 519 g/mol. The highest BCUT2D eigenvalue weighted by Crippen LogP contribution is 2.34. The molecule has 37 heavy (non-hydrogen) atoms. The molecule has 0 bridgehead atoms. The molecule has 11 heteroatoms. The van der Waals surface area contributed by atoms with Crippen LogP contribution in [0.1, 0.15) is 44.6 Å². The molecular weight excluding hydrogens is 490 g/mol. The number of anilines is 2. The number of nitrogens with zero attached hydrogens (tertiary/aromatic N) is 5. The van der Waals surface area contributed by atoms with Gasteiger partial charge in [0.2, 0.25) is 12.3 Å². The first-order valence-electron chi connectivity index (χ1n) is 12.1. The molecule has 0 aliphatic carbocycles. The van der Waals surface area contributed by atoms with Crippen LogP contribution < -0.4 is 9.80 Å². The van der Waals surface area contributed by atoms with Gasteiger partial charge in [-0.2, -0.15) is 8.78 Å². The lowest BCUT2D eigenvalue weighted by Crippen LogP contribution is -2.46. The van der Waals surface area contributed by atoms with Gasteiger partial charge >= 0.3 is 6.43 Å². The molecule has 1 saturated heterocycles. The number of carbonyl (C=O) groups is 1. The summed E-state index contributed by atoms with van der Waals surface area (Å²) in [6.45, 7) is 6.04. The summed E-state index contributed by atoms with van der Waals surface area (Å²) in [6, 6.07) is 8.81. The second kappa shape index (κ2) is 11.3. The van der Waals surface area contributed by atoms with Crippen molar-refractivity contribution in [2.24, 2.45) is 0 Å². The molecule has 2 aromatic carbocycles. The quantitative estimate of drug-likeness (QED) is 0.278. The molecule has 3 aromatic rings. The zero-order valence-corrected chi connectivity index (χ0v) is 20.9. The third-order valence-electron chi connectivity index (χ3n) is 6.80. The minimum Gasteiger partial charge on any atom is -0.415 e. The molecule has 1 aliphatic rings. The fourth-order valence-electron chi connectivity index (χ4n) is 4.62. The predicted octanol–water partition coefficient (Wildman–Crippen LogP) is 5.42. The number of rotatable bonds is 9. The van der Waals surface area contributed by atoms with Gasteiger partial charge in [-0.1, -0.05) is 6.07 Å². The largest absolute Gasteiger partial charge is 0.415 e. The first kappa shape index (κ1) is 26.6. The fourth-order valence-corrected chi connectivity index (χ4v) is 4.62. The van der Waals surface area contributed by atoms with Crippen LogP contribution in [0.15, 0.2) is 40.8 Å². The van der Waals surface area contributed by atoms with E-state index in [0.29, 0.717) is 23.8 Å². The number of amides is 1. The third kappa shape index (κ3) is 5.93. The van der Waals surface area contributed by atoms with E-state index in [4.69, 9.17) is 4.42 Å². The molecule has 0 saturated carbocycles. The summed E-state index contributed by atoms with van der Waals surface area (Å²) in [4.78, 5) is 17.8. The second-order valence-corrected chi connectivity index (χ2v) is 9.39. The van der Waals surface area contributed by atoms with E-state index in [1.54, 1.807) is 6.07 Å². The van der Waals surface area contributed by atoms with Gasteiger partial charge in [-0.3, -0.25) is 4.79 Å². The van der Waals surface area contributed by atoms with Gasteiger partial charge in [0.25, 0.3) is 5.89 Å². The average molecular weight is 520 g/mol. The van der Waals surface area contributed by atoms with Crippen LogP contribution in [0.5, 0.6) is 0 Å². The van der Waals surface area contributed by atoms with Gasteiger partial charge in [0.1, 0.15) is 11.6 Å². The number of benzene rings is 2. The SMILES string of the molecule is CC(C)N1CCC(N(C)c2ccc(F)cc2N(C=O)Cc2ccc(-c3nnc(C(F)F)o3)cc2F)CC1. The van der Waals surface area contributed by atoms with E-state index < -0.39 is 24.0 Å². The van der Waals surface area contributed by atoms with Crippen LogP contribution in [0.3, 0.4) is 0 Å². The molecule has 7 nitrogen and oxygen atoms in total. The van der Waals surface area contributed by atoms with E-state index in [1.165, 1.54) is 29.2 Å². The molecule has 0 N–H and O–H groups in total. The maximum absolute atomic E-state index is 15.0. The number of likely N-dealkylation sites (tertiary alicyclic amines) is 1. The highest BCUT2D eigenvalue weighted by Gasteiger charge is 2.27. The Balaban J connectivity index is 1.56. The van der Waals surface area contributed by atoms with Crippen molar-refractivity contribution >= 4 is 17.8 Å². The van der Waals surface area contributed by atoms with Crippen molar-refractivity contribution in [1.29, 1.82) is 0 Å². The van der Waals surface area contributed by atoms with Gasteiger partial charge in [0.05, 0.1) is 17.9 Å². The number of hydrogen-bond acceptors (Lipinski definition) is 6. The zero-order valence-electron chi connectivity index (χ0n) is 20.9. The number of hydrogen-bond donors (Lipinski definition) is 0. The maximum Gasteiger partial charge on any atom is 0.314 e. The van der Waals surface area contributed by atoms with E-state index in [2.05, 4.69) is 33.8 Å². The summed E-state index contributed by atoms with van der Waals surface area (Å²) in [5.74, 6) is -2.32. The summed E-state index contributed by atoms with van der Waals surface area (Å²) in [5, 5.41) is 6.77. The van der Waals surface area contributed by atoms with E-state index in [0.717, 1.165) is 32.0 Å². The Bertz CT molecular complexity index is 1230. The maximum atomic E-state index is 15.0. The molecule has 1 amide bonds. The molecule has 1 fully saturated rings. The van der Waals surface area contributed by atoms with Crippen molar-refractivity contribution in [3.05, 3.63) is 59.5 Å². The summed E-state index contributed by atoms with van der Waals surface area (Å²) < 4.78 is 59.6. The molecular formula is C26H29F4N5O2. The minimum absolute atomic E-state index is 0.122. The smallest absolute Gasteiger partial charge is 0.314 e. The van der Waals surface area contributed by atoms with Crippen molar-refractivity contribution < 1.29 is 26.8 Å². The fraction of sp³-hybridized carbons (Fsp3) is 0.423. The summed E-state index contributed by atoms with van der Waals surface area (Å²) in [7, 11) is 1.92. The van der Waals surface area contributed by atoms with Crippen LogP contribution in [-0.2, 0) is 11.3 Å². The summed E-state index contributed by atoms with van der Waals surface area (Å²) >= 11 is 0. The van der Waals surface area contributed by atoms with Gasteiger partial charge in [-0.15, -0.1) is 10.2 Å². The topological polar surface area (TPSA) is 65.7 Å². The van der Waals surface area contributed by atoms with Gasteiger partial charge in [0.15, 0.2) is 0 Å². The number of piperidine rings is 1. The van der Waals surface area contributed by atoms with Crippen LogP contribution in [0.25, 0.3) is 11.5 Å². The Morgan fingerprint density at radius 2 is 1.81 bits per heavy atom. The Morgan fingerprint density at radius 1 is 1.08 bits per heavy atom. The van der Waals surface area contributed by atoms with Crippen LogP contribution in [-0.4, -0.2) is 53.7 Å². The molecule has 198 valence electrons. The number of carbonyl (C=O) groups excluding carboxylic acids is 1. The zero-order chi connectivity index (χ0) is 26.7. The normalized spacial score (nSPS) is 14.9. The molecule has 0 radical (unpaired) electrons. The standard InChI is InChI=1S/C26H29F4N5O2/c1-16(2)34-10-8-20(9-11-34)33(3)22-7-6-19(27)13-23(22)35(15-36)14-18-5-4-17(12-21(18)28)25-31-32-26(37-25)24(29)30/h4-7,12-13,15-16,20,24H,8-11,14H2,1-3H3. The van der Waals surface area contributed by atoms with E-state index >= 15 is 0 Å². The van der Waals surface area contributed by atoms with Gasteiger partial charge < -0.3 is 19.1 Å². The van der Waals surface area contributed by atoms with Gasteiger partial charge in [-0.25, -0.2) is 8.78 Å². The molecule has 4 rings (SSSR count). The van der Waals surface area contributed by atoms with Crippen LogP contribution >= 0.6 is 0 Å². The van der Waals surface area contributed by atoms with Crippen molar-refractivity contribution in [3.63, 3.8) is 0 Å². The Labute approximate surface area is 212 Å². The highest BCUT2D eigenvalue weighted by atomic mass is 19.3. The van der Waals surface area contributed by atoms with Gasteiger partial charge in [-0.05, 0) is 57.0 Å². The molecule has 2 heterocycles. The Kier molecular flexibility index (Phi) is 8.11. The van der Waals surface area contributed by atoms with Crippen LogP contribution in [0, 0.1) is 11.6 Å². The molecule has 0 unspecified atom stereocenters. The average Bonchev–Trinajstić information content (AvgIpc) is 3.38. The molecule has 0 atom stereocenters. The first-order valence-corrected chi connectivity index (χ1v) is 12.1. The van der Waals surface area contributed by atoms with E-state index in [9.17, 15) is 22.4 Å². The van der Waals surface area contributed by atoms with Crippen molar-refractivity contribution in [2.75, 3.05) is 29.9 Å². The Morgan fingerprint density at radius 3 is 2.41 bits per heavy atom. The number of halogens is 4.